The van der Waals surface area contributed by atoms with Gasteiger partial charge in [-0.3, -0.25) is 5.32 Å². The van der Waals surface area contributed by atoms with Crippen molar-refractivity contribution in [2.75, 3.05) is 10.6 Å². The van der Waals surface area contributed by atoms with Crippen molar-refractivity contribution in [3.63, 3.8) is 0 Å². The van der Waals surface area contributed by atoms with E-state index >= 15 is 0 Å². The minimum absolute atomic E-state index is 0.336. The molecule has 4 nitrogen and oxygen atoms in total. The number of benzene rings is 2. The van der Waals surface area contributed by atoms with E-state index in [2.05, 4.69) is 34.9 Å². The van der Waals surface area contributed by atoms with E-state index in [9.17, 15) is 4.79 Å². The number of hydrogen-bond donors (Lipinski definition) is 2. The molecule has 0 aromatic heterocycles. The molecule has 1 atom stereocenters. The van der Waals surface area contributed by atoms with Crippen LogP contribution in [0.1, 0.15) is 44.4 Å². The highest BCUT2D eigenvalue weighted by molar-refractivity contribution is 5.85. The van der Waals surface area contributed by atoms with E-state index in [1.54, 1.807) is 0 Å². The number of anilines is 2. The third-order valence-corrected chi connectivity index (χ3v) is 3.98. The fourth-order valence-electron chi connectivity index (χ4n) is 2.94. The molecule has 0 aliphatic carbocycles. The lowest BCUT2D eigenvalue weighted by molar-refractivity contribution is 0.0636. The minimum Gasteiger partial charge on any atom is -0.444 e. The van der Waals surface area contributed by atoms with E-state index in [1.807, 2.05) is 45.0 Å². The van der Waals surface area contributed by atoms with Crippen molar-refractivity contribution >= 4 is 17.5 Å². The molecule has 1 amide bonds. The Labute approximate surface area is 143 Å². The molecule has 3 rings (SSSR count). The van der Waals surface area contributed by atoms with Gasteiger partial charge >= 0.3 is 6.09 Å². The zero-order valence-electron chi connectivity index (χ0n) is 14.4. The third-order valence-electron chi connectivity index (χ3n) is 3.98. The van der Waals surface area contributed by atoms with Crippen molar-refractivity contribution < 1.29 is 9.53 Å². The van der Waals surface area contributed by atoms with Crippen LogP contribution >= 0.6 is 0 Å². The Morgan fingerprint density at radius 3 is 2.62 bits per heavy atom. The molecule has 126 valence electrons. The van der Waals surface area contributed by atoms with Crippen LogP contribution in [0.25, 0.3) is 0 Å². The van der Waals surface area contributed by atoms with Crippen LogP contribution < -0.4 is 10.6 Å². The number of aryl methyl sites for hydroxylation is 1. The Morgan fingerprint density at radius 1 is 1.17 bits per heavy atom. The summed E-state index contributed by atoms with van der Waals surface area (Å²) in [5.41, 5.74) is 3.92. The van der Waals surface area contributed by atoms with Gasteiger partial charge in [-0.2, -0.15) is 0 Å². The molecule has 0 radical (unpaired) electrons. The van der Waals surface area contributed by atoms with Gasteiger partial charge in [0.25, 0.3) is 0 Å². The zero-order valence-corrected chi connectivity index (χ0v) is 14.4. The van der Waals surface area contributed by atoms with E-state index < -0.39 is 11.7 Å². The Bertz CT molecular complexity index is 720. The van der Waals surface area contributed by atoms with Gasteiger partial charge in [0.2, 0.25) is 0 Å². The van der Waals surface area contributed by atoms with Gasteiger partial charge in [0.05, 0.1) is 6.04 Å². The van der Waals surface area contributed by atoms with Gasteiger partial charge in [-0.05, 0) is 62.9 Å². The average Bonchev–Trinajstić information content (AvgIpc) is 2.53. The third kappa shape index (κ3) is 4.07. The highest BCUT2D eigenvalue weighted by atomic mass is 16.6. The molecule has 0 saturated carbocycles. The lowest BCUT2D eigenvalue weighted by Crippen LogP contribution is -2.27. The molecule has 1 unspecified atom stereocenters. The van der Waals surface area contributed by atoms with Crippen LogP contribution in [-0.2, 0) is 11.2 Å². The van der Waals surface area contributed by atoms with Crippen LogP contribution in [0.2, 0.25) is 0 Å². The number of hydrogen-bond acceptors (Lipinski definition) is 3. The summed E-state index contributed by atoms with van der Waals surface area (Å²) in [5, 5.41) is 6.39. The largest absolute Gasteiger partial charge is 0.444 e. The Hall–Kier alpha value is -2.49. The Balaban J connectivity index is 1.69. The van der Waals surface area contributed by atoms with Crippen molar-refractivity contribution in [1.29, 1.82) is 0 Å². The fraction of sp³-hybridized carbons (Fsp3) is 0.350. The number of rotatable bonds is 2. The van der Waals surface area contributed by atoms with Gasteiger partial charge in [0.15, 0.2) is 0 Å². The van der Waals surface area contributed by atoms with Gasteiger partial charge < -0.3 is 10.1 Å². The smallest absolute Gasteiger partial charge is 0.412 e. The van der Waals surface area contributed by atoms with E-state index in [-0.39, 0.29) is 0 Å². The van der Waals surface area contributed by atoms with Gasteiger partial charge in [0, 0.05) is 11.4 Å². The SMILES string of the molecule is CC(C)(C)OC(=O)Nc1ccc2c(c1)CCC(c1ccccc1)N2. The first-order chi connectivity index (χ1) is 11.4. The molecule has 1 heterocycles. The molecule has 1 aliphatic heterocycles. The molecule has 24 heavy (non-hydrogen) atoms. The first kappa shape index (κ1) is 16.4. The van der Waals surface area contributed by atoms with Crippen LogP contribution in [0.4, 0.5) is 16.2 Å². The van der Waals surface area contributed by atoms with Gasteiger partial charge in [-0.25, -0.2) is 4.79 Å². The summed E-state index contributed by atoms with van der Waals surface area (Å²) < 4.78 is 5.29. The number of ether oxygens (including phenoxy) is 1. The summed E-state index contributed by atoms with van der Waals surface area (Å²) >= 11 is 0. The second kappa shape index (κ2) is 6.56. The van der Waals surface area contributed by atoms with Crippen LogP contribution in [-0.4, -0.2) is 11.7 Å². The quantitative estimate of drug-likeness (QED) is 0.805. The number of carbonyl (C=O) groups is 1. The molecule has 0 saturated heterocycles. The van der Waals surface area contributed by atoms with Crippen LogP contribution in [0.5, 0.6) is 0 Å². The Morgan fingerprint density at radius 2 is 1.92 bits per heavy atom. The first-order valence-corrected chi connectivity index (χ1v) is 8.35. The number of carbonyl (C=O) groups excluding carboxylic acids is 1. The molecule has 2 aromatic carbocycles. The van der Waals surface area contributed by atoms with Crippen LogP contribution in [0.3, 0.4) is 0 Å². The van der Waals surface area contributed by atoms with Crippen molar-refractivity contribution in [3.8, 4) is 0 Å². The molecule has 2 N–H and O–H groups in total. The molecule has 4 heteroatoms. The summed E-state index contributed by atoms with van der Waals surface area (Å²) in [6, 6.07) is 16.8. The maximum atomic E-state index is 11.9. The summed E-state index contributed by atoms with van der Waals surface area (Å²) in [6.07, 6.45) is 1.59. The average molecular weight is 324 g/mol. The lowest BCUT2D eigenvalue weighted by Gasteiger charge is -2.28. The predicted octanol–water partition coefficient (Wildman–Crippen LogP) is 5.13. The maximum absolute atomic E-state index is 11.9. The van der Waals surface area contributed by atoms with Crippen LogP contribution in [0, 0.1) is 0 Å². The zero-order chi connectivity index (χ0) is 17.2. The van der Waals surface area contributed by atoms with Crippen molar-refractivity contribution in [2.45, 2.75) is 45.3 Å². The lowest BCUT2D eigenvalue weighted by atomic mass is 9.93. The summed E-state index contributed by atoms with van der Waals surface area (Å²) in [4.78, 5) is 11.9. The maximum Gasteiger partial charge on any atom is 0.412 e. The van der Waals surface area contributed by atoms with Crippen LogP contribution in [0.15, 0.2) is 48.5 Å². The highest BCUT2D eigenvalue weighted by Gasteiger charge is 2.20. The normalized spacial score (nSPS) is 16.7. The van der Waals surface area contributed by atoms with Gasteiger partial charge in [0.1, 0.15) is 5.60 Å². The molecule has 0 spiro atoms. The first-order valence-electron chi connectivity index (χ1n) is 8.35. The van der Waals surface area contributed by atoms with E-state index in [0.717, 1.165) is 24.2 Å². The van der Waals surface area contributed by atoms with Crippen molar-refractivity contribution in [3.05, 3.63) is 59.7 Å². The molecular formula is C20H24N2O2. The van der Waals surface area contributed by atoms with Crippen molar-refractivity contribution in [1.82, 2.24) is 0 Å². The van der Waals surface area contributed by atoms with Crippen molar-refractivity contribution in [2.24, 2.45) is 0 Å². The standard InChI is InChI=1S/C20H24N2O2/c1-20(2,3)24-19(23)21-16-10-12-18-15(13-16)9-11-17(22-18)14-7-5-4-6-8-14/h4-8,10,12-13,17,22H,9,11H2,1-3H3,(H,21,23). The molecule has 0 bridgehead atoms. The van der Waals surface area contributed by atoms with E-state index in [4.69, 9.17) is 4.74 Å². The Kier molecular flexibility index (Phi) is 4.47. The summed E-state index contributed by atoms with van der Waals surface area (Å²) in [6.45, 7) is 5.56. The van der Waals surface area contributed by atoms with Gasteiger partial charge in [-0.15, -0.1) is 0 Å². The van der Waals surface area contributed by atoms with E-state index in [1.165, 1.54) is 11.1 Å². The predicted molar refractivity (Wildman–Crippen MR) is 97.4 cm³/mol. The molecular weight excluding hydrogens is 300 g/mol. The molecule has 1 aliphatic rings. The second-order valence-electron chi connectivity index (χ2n) is 7.15. The van der Waals surface area contributed by atoms with E-state index in [0.29, 0.717) is 6.04 Å². The van der Waals surface area contributed by atoms with Gasteiger partial charge in [-0.1, -0.05) is 30.3 Å². The number of fused-ring (bicyclic) bond motifs is 1. The monoisotopic (exact) mass is 324 g/mol. The fourth-order valence-corrected chi connectivity index (χ4v) is 2.94. The summed E-state index contributed by atoms with van der Waals surface area (Å²) in [7, 11) is 0. The topological polar surface area (TPSA) is 50.4 Å². The minimum atomic E-state index is -0.497. The highest BCUT2D eigenvalue weighted by Crippen LogP contribution is 2.34. The molecule has 0 fully saturated rings. The molecule has 2 aromatic rings. The second-order valence-corrected chi connectivity index (χ2v) is 7.15. The summed E-state index contributed by atoms with van der Waals surface area (Å²) in [5.74, 6) is 0. The number of amides is 1. The number of nitrogens with one attached hydrogen (secondary N) is 2.